The van der Waals surface area contributed by atoms with E-state index in [4.69, 9.17) is 18.9 Å². The van der Waals surface area contributed by atoms with Crippen LogP contribution in [0.5, 0.6) is 23.0 Å². The Balaban J connectivity index is 1.80. The predicted molar refractivity (Wildman–Crippen MR) is 103 cm³/mol. The molecule has 3 aliphatic rings. The molecule has 0 aromatic heterocycles. The molecule has 0 saturated heterocycles. The molecule has 0 atom stereocenters. The molecule has 144 valence electrons. The molecule has 1 N–H and O–H groups in total. The summed E-state index contributed by atoms with van der Waals surface area (Å²) in [5.41, 5.74) is 2.99. The van der Waals surface area contributed by atoms with Gasteiger partial charge in [-0.05, 0) is 41.1 Å². The number of hydrogen-bond donors (Lipinski definition) is 1. The Hall–Kier alpha value is -3.74. The number of carbonyl (C=O) groups excluding carboxylic acids is 2. The first-order valence-electron chi connectivity index (χ1n) is 9.34. The molecular weight excluding hydrogens is 374 g/mol. The Morgan fingerprint density at radius 2 is 1.55 bits per heavy atom. The lowest BCUT2D eigenvalue weighted by atomic mass is 9.85. The van der Waals surface area contributed by atoms with Crippen molar-refractivity contribution in [2.24, 2.45) is 0 Å². The summed E-state index contributed by atoms with van der Waals surface area (Å²) in [5, 5.41) is 4.09. The van der Waals surface area contributed by atoms with Gasteiger partial charge in [0.2, 0.25) is 13.6 Å². The van der Waals surface area contributed by atoms with E-state index >= 15 is 0 Å². The number of aryl methyl sites for hydroxylation is 1. The highest BCUT2D eigenvalue weighted by atomic mass is 16.7. The lowest BCUT2D eigenvalue weighted by Crippen LogP contribution is -2.20. The van der Waals surface area contributed by atoms with E-state index in [1.807, 2.05) is 31.2 Å². The molecular formula is C22H15NO6. The molecule has 0 saturated carbocycles. The first-order chi connectivity index (χ1) is 14.2. The zero-order valence-electron chi connectivity index (χ0n) is 15.5. The molecule has 0 aliphatic carbocycles. The minimum absolute atomic E-state index is 0.110. The van der Waals surface area contributed by atoms with E-state index in [2.05, 4.69) is 5.32 Å². The predicted octanol–water partition coefficient (Wildman–Crippen LogP) is 3.41. The van der Waals surface area contributed by atoms with Gasteiger partial charge in [0.1, 0.15) is 0 Å². The third kappa shape index (κ3) is 2.07. The van der Waals surface area contributed by atoms with Gasteiger partial charge in [-0.2, -0.15) is 0 Å². The maximum atomic E-state index is 12.9. The fourth-order valence-corrected chi connectivity index (χ4v) is 4.42. The molecule has 0 unspecified atom stereocenters. The summed E-state index contributed by atoms with van der Waals surface area (Å²) in [5.74, 6) is 1.66. The molecule has 3 aromatic rings. The second-order valence-corrected chi connectivity index (χ2v) is 7.03. The number of nitrogens with one attached hydrogen (secondary N) is 1. The first-order valence-corrected chi connectivity index (χ1v) is 9.34. The van der Waals surface area contributed by atoms with Crippen LogP contribution in [0.3, 0.4) is 0 Å². The van der Waals surface area contributed by atoms with E-state index in [0.717, 1.165) is 21.9 Å². The van der Waals surface area contributed by atoms with Crippen LogP contribution in [-0.4, -0.2) is 25.4 Å². The Kier molecular flexibility index (Phi) is 3.16. The fourth-order valence-electron chi connectivity index (χ4n) is 4.42. The second-order valence-electron chi connectivity index (χ2n) is 7.03. The van der Waals surface area contributed by atoms with E-state index in [9.17, 15) is 9.59 Å². The first kappa shape index (κ1) is 16.2. The van der Waals surface area contributed by atoms with Crippen LogP contribution in [0.4, 0.5) is 0 Å². The van der Waals surface area contributed by atoms with Crippen molar-refractivity contribution in [3.63, 3.8) is 0 Å². The van der Waals surface area contributed by atoms with Crippen molar-refractivity contribution >= 4 is 22.6 Å². The van der Waals surface area contributed by atoms with E-state index in [0.29, 0.717) is 46.1 Å². The van der Waals surface area contributed by atoms with Crippen LogP contribution in [0.1, 0.15) is 33.2 Å². The van der Waals surface area contributed by atoms with Crippen molar-refractivity contribution in [1.82, 2.24) is 5.32 Å². The second kappa shape index (κ2) is 5.64. The maximum Gasteiger partial charge on any atom is 0.259 e. The summed E-state index contributed by atoms with van der Waals surface area (Å²) in [7, 11) is 0. The average molecular weight is 389 g/mol. The zero-order valence-corrected chi connectivity index (χ0v) is 15.5. The van der Waals surface area contributed by atoms with Crippen molar-refractivity contribution in [3.05, 3.63) is 47.0 Å². The highest BCUT2D eigenvalue weighted by Crippen LogP contribution is 2.49. The van der Waals surface area contributed by atoms with Crippen molar-refractivity contribution < 1.29 is 28.5 Å². The molecule has 29 heavy (non-hydrogen) atoms. The maximum absolute atomic E-state index is 12.9. The third-order valence-corrected chi connectivity index (χ3v) is 5.61. The van der Waals surface area contributed by atoms with Gasteiger partial charge in [-0.3, -0.25) is 14.9 Å². The van der Waals surface area contributed by atoms with Crippen molar-refractivity contribution in [1.29, 1.82) is 0 Å². The van der Waals surface area contributed by atoms with Crippen LogP contribution in [-0.2, 0) is 6.42 Å². The molecule has 3 aromatic carbocycles. The van der Waals surface area contributed by atoms with Gasteiger partial charge in [-0.15, -0.1) is 0 Å². The van der Waals surface area contributed by atoms with Crippen LogP contribution in [0.25, 0.3) is 21.9 Å². The van der Waals surface area contributed by atoms with Gasteiger partial charge in [-0.1, -0.05) is 19.1 Å². The lowest BCUT2D eigenvalue weighted by molar-refractivity contribution is 0.0879. The molecule has 7 heteroatoms. The monoisotopic (exact) mass is 389 g/mol. The summed E-state index contributed by atoms with van der Waals surface area (Å²) in [4.78, 5) is 25.5. The molecule has 2 amide bonds. The molecule has 0 fully saturated rings. The number of rotatable bonds is 2. The molecule has 0 spiro atoms. The highest BCUT2D eigenvalue weighted by molar-refractivity contribution is 6.29. The molecule has 0 bridgehead atoms. The number of ether oxygens (including phenoxy) is 4. The van der Waals surface area contributed by atoms with Gasteiger partial charge in [-0.25, -0.2) is 0 Å². The molecule has 3 heterocycles. The summed E-state index contributed by atoms with van der Waals surface area (Å²) in [6, 6.07) is 9.26. The van der Waals surface area contributed by atoms with E-state index in [1.54, 1.807) is 6.07 Å². The molecule has 3 aliphatic heterocycles. The Labute approximate surface area is 165 Å². The Morgan fingerprint density at radius 1 is 0.828 bits per heavy atom. The molecule has 0 radical (unpaired) electrons. The number of carbonyl (C=O) groups is 2. The van der Waals surface area contributed by atoms with Gasteiger partial charge >= 0.3 is 0 Å². The van der Waals surface area contributed by atoms with Gasteiger partial charge in [0.15, 0.2) is 23.0 Å². The Morgan fingerprint density at radius 3 is 2.41 bits per heavy atom. The number of imide groups is 1. The van der Waals surface area contributed by atoms with E-state index in [1.165, 1.54) is 0 Å². The van der Waals surface area contributed by atoms with Gasteiger partial charge < -0.3 is 18.9 Å². The largest absolute Gasteiger partial charge is 0.454 e. The lowest BCUT2D eigenvalue weighted by Gasteiger charge is -2.17. The van der Waals surface area contributed by atoms with E-state index < -0.39 is 5.91 Å². The molecule has 7 nitrogen and oxygen atoms in total. The average Bonchev–Trinajstić information content (AvgIpc) is 3.45. The van der Waals surface area contributed by atoms with Crippen LogP contribution >= 0.6 is 0 Å². The van der Waals surface area contributed by atoms with Crippen molar-refractivity contribution in [2.75, 3.05) is 13.6 Å². The zero-order chi connectivity index (χ0) is 19.7. The smallest absolute Gasteiger partial charge is 0.259 e. The summed E-state index contributed by atoms with van der Waals surface area (Å²) < 4.78 is 22.3. The topological polar surface area (TPSA) is 83.1 Å². The summed E-state index contributed by atoms with van der Waals surface area (Å²) in [6.45, 7) is 2.23. The van der Waals surface area contributed by atoms with Crippen LogP contribution in [0.2, 0.25) is 0 Å². The minimum atomic E-state index is -0.411. The number of fused-ring (bicyclic) bond motifs is 5. The molecule has 6 rings (SSSR count). The number of amides is 2. The van der Waals surface area contributed by atoms with Gasteiger partial charge in [0, 0.05) is 10.9 Å². The summed E-state index contributed by atoms with van der Waals surface area (Å²) in [6.07, 6.45) is 0.598. The van der Waals surface area contributed by atoms with Crippen molar-refractivity contribution in [3.8, 4) is 34.1 Å². The highest BCUT2D eigenvalue weighted by Gasteiger charge is 2.36. The fraction of sp³-hybridized carbons (Fsp3) is 0.182. The van der Waals surface area contributed by atoms with E-state index in [-0.39, 0.29) is 19.5 Å². The SMILES string of the molecule is CCc1c2c(c(-c3ccc4c(c3)OCO4)c3c4c(ccc13)OCO4)C(=O)NC2=O. The standard InChI is InChI=1S/C22H15NO6/c1-2-11-12-4-6-14-20(29-9-27-14)17(12)16(19-18(11)21(24)23-22(19)25)10-3-5-13-15(7-10)28-8-26-13/h3-7H,2,8-9H2,1H3,(H,23,24,25). The van der Waals surface area contributed by atoms with Crippen LogP contribution in [0, 0.1) is 0 Å². The quantitative estimate of drug-likeness (QED) is 0.677. The van der Waals surface area contributed by atoms with Gasteiger partial charge in [0.25, 0.3) is 11.8 Å². The minimum Gasteiger partial charge on any atom is -0.454 e. The third-order valence-electron chi connectivity index (χ3n) is 5.61. The Bertz CT molecular complexity index is 1260. The number of hydrogen-bond acceptors (Lipinski definition) is 6. The van der Waals surface area contributed by atoms with Crippen LogP contribution < -0.4 is 24.3 Å². The van der Waals surface area contributed by atoms with Crippen LogP contribution in [0.15, 0.2) is 30.3 Å². The normalized spacial score (nSPS) is 15.8. The summed E-state index contributed by atoms with van der Waals surface area (Å²) >= 11 is 0. The van der Waals surface area contributed by atoms with Gasteiger partial charge in [0.05, 0.1) is 11.1 Å². The van der Waals surface area contributed by atoms with Crippen molar-refractivity contribution in [2.45, 2.75) is 13.3 Å². The number of benzene rings is 3.